The fourth-order valence-electron chi connectivity index (χ4n) is 2.56. The summed E-state index contributed by atoms with van der Waals surface area (Å²) >= 11 is 0. The molecule has 1 heterocycles. The minimum atomic E-state index is -0.513. The second kappa shape index (κ2) is 6.92. The zero-order valence-electron chi connectivity index (χ0n) is 15.0. The third kappa shape index (κ3) is 4.48. The van der Waals surface area contributed by atoms with Crippen molar-refractivity contribution in [1.29, 1.82) is 5.26 Å². The number of nitriles is 1. The van der Waals surface area contributed by atoms with Crippen LogP contribution in [0.5, 0.6) is 0 Å². The van der Waals surface area contributed by atoms with Crippen LogP contribution in [0.4, 0.5) is 4.79 Å². The molecule has 0 saturated carbocycles. The van der Waals surface area contributed by atoms with Crippen molar-refractivity contribution in [3.63, 3.8) is 0 Å². The molecule has 0 atom stereocenters. The van der Waals surface area contributed by atoms with E-state index in [0.29, 0.717) is 18.7 Å². The molecule has 1 aromatic carbocycles. The van der Waals surface area contributed by atoms with Gasteiger partial charge in [0, 0.05) is 13.1 Å². The number of carbonyl (C=O) groups is 1. The van der Waals surface area contributed by atoms with E-state index >= 15 is 0 Å². The molecule has 4 heteroatoms. The van der Waals surface area contributed by atoms with Crippen LogP contribution in [-0.4, -0.2) is 29.7 Å². The summed E-state index contributed by atoms with van der Waals surface area (Å²) in [6, 6.07) is 8.02. The van der Waals surface area contributed by atoms with Gasteiger partial charge in [-0.25, -0.2) is 4.79 Å². The van der Waals surface area contributed by atoms with E-state index in [4.69, 9.17) is 4.74 Å². The first-order chi connectivity index (χ1) is 11.2. The first-order valence-electron chi connectivity index (χ1n) is 8.06. The summed E-state index contributed by atoms with van der Waals surface area (Å²) in [7, 11) is 0. The predicted molar refractivity (Wildman–Crippen MR) is 96.3 cm³/mol. The van der Waals surface area contributed by atoms with Crippen LogP contribution >= 0.6 is 0 Å². The van der Waals surface area contributed by atoms with E-state index in [9.17, 15) is 10.1 Å². The zero-order valence-corrected chi connectivity index (χ0v) is 15.0. The minimum Gasteiger partial charge on any atom is -0.444 e. The van der Waals surface area contributed by atoms with Gasteiger partial charge in [-0.2, -0.15) is 5.26 Å². The van der Waals surface area contributed by atoms with E-state index in [1.807, 2.05) is 58.9 Å². The van der Waals surface area contributed by atoms with E-state index in [0.717, 1.165) is 16.7 Å². The van der Waals surface area contributed by atoms with E-state index in [2.05, 4.69) is 12.1 Å². The van der Waals surface area contributed by atoms with Crippen molar-refractivity contribution in [3.05, 3.63) is 46.5 Å². The van der Waals surface area contributed by atoms with Crippen LogP contribution < -0.4 is 0 Å². The molecule has 4 nitrogen and oxygen atoms in total. The highest BCUT2D eigenvalue weighted by Gasteiger charge is 2.26. The number of allylic oxidation sites excluding steroid dienone is 1. The Labute approximate surface area is 144 Å². The number of ether oxygens (including phenoxy) is 1. The minimum absolute atomic E-state index is 0.326. The molecule has 2 rings (SSSR count). The van der Waals surface area contributed by atoms with Crippen molar-refractivity contribution in [2.45, 2.75) is 40.2 Å². The fourth-order valence-corrected chi connectivity index (χ4v) is 2.56. The fraction of sp³-hybridized carbons (Fsp3) is 0.400. The highest BCUT2D eigenvalue weighted by molar-refractivity contribution is 5.80. The Morgan fingerprint density at radius 2 is 2.04 bits per heavy atom. The summed E-state index contributed by atoms with van der Waals surface area (Å²) in [5, 5.41) is 9.38. The van der Waals surface area contributed by atoms with E-state index in [1.165, 1.54) is 5.57 Å². The van der Waals surface area contributed by atoms with Crippen LogP contribution in [-0.2, 0) is 4.74 Å². The topological polar surface area (TPSA) is 53.3 Å². The van der Waals surface area contributed by atoms with Crippen molar-refractivity contribution >= 4 is 17.7 Å². The van der Waals surface area contributed by atoms with Crippen molar-refractivity contribution < 1.29 is 9.53 Å². The number of hydrogen-bond acceptors (Lipinski definition) is 3. The quantitative estimate of drug-likeness (QED) is 0.798. The summed E-state index contributed by atoms with van der Waals surface area (Å²) in [5.74, 6) is 0. The molecule has 0 fully saturated rings. The van der Waals surface area contributed by atoms with Gasteiger partial charge in [0.2, 0.25) is 0 Å². The molecular weight excluding hydrogens is 300 g/mol. The molecule has 0 spiro atoms. The molecule has 126 valence electrons. The summed E-state index contributed by atoms with van der Waals surface area (Å²) in [4.78, 5) is 13.8. The van der Waals surface area contributed by atoms with Gasteiger partial charge >= 0.3 is 6.09 Å². The highest BCUT2D eigenvalue weighted by atomic mass is 16.6. The standard InChI is InChI=1S/C20H24N2O2/c1-14(2)10-15-6-7-16(12-21)18(11-15)17-8-9-22(13-17)19(23)24-20(3,4)5/h6-8,10-11H,9,13H2,1-5H3. The van der Waals surface area contributed by atoms with Gasteiger partial charge in [0.1, 0.15) is 5.60 Å². The van der Waals surface area contributed by atoms with Crippen molar-refractivity contribution in [1.82, 2.24) is 4.90 Å². The van der Waals surface area contributed by atoms with E-state index in [-0.39, 0.29) is 6.09 Å². The molecule has 0 bridgehead atoms. The van der Waals surface area contributed by atoms with Crippen LogP contribution in [0.2, 0.25) is 0 Å². The zero-order chi connectivity index (χ0) is 17.9. The van der Waals surface area contributed by atoms with Crippen molar-refractivity contribution in [2.24, 2.45) is 0 Å². The molecule has 1 aliphatic heterocycles. The number of rotatable bonds is 2. The van der Waals surface area contributed by atoms with Gasteiger partial charge in [0.15, 0.2) is 0 Å². The van der Waals surface area contributed by atoms with Gasteiger partial charge in [0.05, 0.1) is 11.6 Å². The number of nitrogens with zero attached hydrogens (tertiary/aromatic N) is 2. The normalized spacial score (nSPS) is 14.0. The van der Waals surface area contributed by atoms with Gasteiger partial charge < -0.3 is 9.64 Å². The molecule has 0 radical (unpaired) electrons. The Balaban J connectivity index is 2.23. The van der Waals surface area contributed by atoms with Crippen LogP contribution in [0.15, 0.2) is 29.8 Å². The van der Waals surface area contributed by atoms with Gasteiger partial charge in [-0.15, -0.1) is 0 Å². The average molecular weight is 324 g/mol. The smallest absolute Gasteiger partial charge is 0.410 e. The molecule has 0 aliphatic carbocycles. The molecule has 0 unspecified atom stereocenters. The molecule has 1 aliphatic rings. The lowest BCUT2D eigenvalue weighted by atomic mass is 9.97. The summed E-state index contributed by atoms with van der Waals surface area (Å²) in [6.45, 7) is 10.6. The second-order valence-corrected chi connectivity index (χ2v) is 7.23. The number of amides is 1. The average Bonchev–Trinajstić information content (AvgIpc) is 2.94. The predicted octanol–water partition coefficient (Wildman–Crippen LogP) is 4.62. The van der Waals surface area contributed by atoms with E-state index in [1.54, 1.807) is 4.90 Å². The van der Waals surface area contributed by atoms with Crippen LogP contribution in [0, 0.1) is 11.3 Å². The third-order valence-corrected chi connectivity index (χ3v) is 3.54. The van der Waals surface area contributed by atoms with Gasteiger partial charge in [-0.3, -0.25) is 0 Å². The number of benzene rings is 1. The third-order valence-electron chi connectivity index (χ3n) is 3.54. The Hall–Kier alpha value is -2.54. The van der Waals surface area contributed by atoms with Crippen molar-refractivity contribution in [2.75, 3.05) is 13.1 Å². The summed E-state index contributed by atoms with van der Waals surface area (Å²) in [6.07, 6.45) is 3.74. The Bertz CT molecular complexity index is 742. The molecule has 0 aromatic heterocycles. The SMILES string of the molecule is CC(C)=Cc1ccc(C#N)c(C2=CCN(C(=O)OC(C)(C)C)C2)c1. The highest BCUT2D eigenvalue weighted by Crippen LogP contribution is 2.27. The van der Waals surface area contributed by atoms with E-state index < -0.39 is 5.60 Å². The molecule has 24 heavy (non-hydrogen) atoms. The lowest BCUT2D eigenvalue weighted by Crippen LogP contribution is -2.35. The monoisotopic (exact) mass is 324 g/mol. The summed E-state index contributed by atoms with van der Waals surface area (Å²) < 4.78 is 5.42. The Morgan fingerprint density at radius 3 is 2.62 bits per heavy atom. The molecule has 1 aromatic rings. The lowest BCUT2D eigenvalue weighted by Gasteiger charge is -2.24. The van der Waals surface area contributed by atoms with Crippen molar-refractivity contribution in [3.8, 4) is 6.07 Å². The number of hydrogen-bond donors (Lipinski definition) is 0. The first-order valence-corrected chi connectivity index (χ1v) is 8.06. The number of carbonyl (C=O) groups excluding carboxylic acids is 1. The van der Waals surface area contributed by atoms with Crippen LogP contribution in [0.25, 0.3) is 11.6 Å². The summed E-state index contributed by atoms with van der Waals surface area (Å²) in [5.41, 5.74) is 4.24. The van der Waals surface area contributed by atoms with Crippen LogP contribution in [0.3, 0.4) is 0 Å². The molecule has 0 saturated heterocycles. The molecule has 1 amide bonds. The maximum atomic E-state index is 12.2. The Kier molecular flexibility index (Phi) is 5.14. The largest absolute Gasteiger partial charge is 0.444 e. The second-order valence-electron chi connectivity index (χ2n) is 7.23. The Morgan fingerprint density at radius 1 is 1.33 bits per heavy atom. The maximum Gasteiger partial charge on any atom is 0.410 e. The first kappa shape index (κ1) is 17.8. The lowest BCUT2D eigenvalue weighted by molar-refractivity contribution is 0.0306. The molecule has 0 N–H and O–H groups in total. The van der Waals surface area contributed by atoms with Gasteiger partial charge in [-0.05, 0) is 63.5 Å². The van der Waals surface area contributed by atoms with Gasteiger partial charge in [0.25, 0.3) is 0 Å². The maximum absolute atomic E-state index is 12.2. The van der Waals surface area contributed by atoms with Crippen LogP contribution in [0.1, 0.15) is 51.3 Å². The van der Waals surface area contributed by atoms with Gasteiger partial charge in [-0.1, -0.05) is 23.8 Å². The molecular formula is C20H24N2O2.